The van der Waals surface area contributed by atoms with E-state index in [0.29, 0.717) is 32.9 Å². The number of carbonyl (C=O) groups excluding carboxylic acids is 1. The third kappa shape index (κ3) is 4.35. The van der Waals surface area contributed by atoms with Crippen molar-refractivity contribution in [3.63, 3.8) is 0 Å². The van der Waals surface area contributed by atoms with E-state index < -0.39 is 5.92 Å². The van der Waals surface area contributed by atoms with Gasteiger partial charge in [0.25, 0.3) is 5.91 Å². The molecule has 1 amide bonds. The highest BCUT2D eigenvalue weighted by molar-refractivity contribution is 6.35. The van der Waals surface area contributed by atoms with Crippen molar-refractivity contribution in [3.8, 4) is 17.7 Å². The normalized spacial score (nSPS) is 14.9. The predicted molar refractivity (Wildman–Crippen MR) is 120 cm³/mol. The van der Waals surface area contributed by atoms with Crippen LogP contribution in [0.3, 0.4) is 0 Å². The van der Waals surface area contributed by atoms with Gasteiger partial charge in [0.15, 0.2) is 6.61 Å². The average Bonchev–Trinajstić information content (AvgIpc) is 3.11. The molecule has 0 aliphatic carbocycles. The third-order valence-electron chi connectivity index (χ3n) is 4.86. The van der Waals surface area contributed by atoms with E-state index in [0.717, 1.165) is 16.8 Å². The quantitative estimate of drug-likeness (QED) is 0.512. The van der Waals surface area contributed by atoms with Crippen LogP contribution in [0.15, 0.2) is 53.9 Å². The first-order chi connectivity index (χ1) is 15.4. The van der Waals surface area contributed by atoms with Gasteiger partial charge in [0, 0.05) is 27.0 Å². The first-order valence-corrected chi connectivity index (χ1v) is 10.2. The summed E-state index contributed by atoms with van der Waals surface area (Å²) in [6.45, 7) is 1.64. The number of nitriles is 1. The molecule has 1 atom stereocenters. The first kappa shape index (κ1) is 21.6. The molecule has 1 unspecified atom stereocenters. The van der Waals surface area contributed by atoms with Gasteiger partial charge < -0.3 is 20.5 Å². The highest BCUT2D eigenvalue weighted by Gasteiger charge is 2.34. The number of benzene rings is 2. The lowest BCUT2D eigenvalue weighted by Crippen LogP contribution is -2.21. The Morgan fingerprint density at radius 2 is 1.97 bits per heavy atom. The van der Waals surface area contributed by atoms with Gasteiger partial charge in [-0.1, -0.05) is 35.3 Å². The number of nitrogens with one attached hydrogen (secondary N) is 2. The zero-order valence-electron chi connectivity index (χ0n) is 16.8. The van der Waals surface area contributed by atoms with Gasteiger partial charge in [-0.25, -0.2) is 0 Å². The lowest BCUT2D eigenvalue weighted by Gasteiger charge is -2.23. The highest BCUT2D eigenvalue weighted by Crippen LogP contribution is 2.42. The van der Waals surface area contributed by atoms with Crippen LogP contribution in [0.5, 0.6) is 11.6 Å². The lowest BCUT2D eigenvalue weighted by atomic mass is 9.84. The Bertz CT molecular complexity index is 1240. The van der Waals surface area contributed by atoms with Crippen molar-refractivity contribution >= 4 is 34.8 Å². The molecule has 0 radical (unpaired) electrons. The molecule has 3 aromatic rings. The molecule has 0 fully saturated rings. The van der Waals surface area contributed by atoms with Crippen molar-refractivity contribution in [3.05, 3.63) is 80.8 Å². The van der Waals surface area contributed by atoms with E-state index in [1.807, 2.05) is 6.92 Å². The summed E-state index contributed by atoms with van der Waals surface area (Å²) in [4.78, 5) is 12.2. The number of hydrogen-bond acceptors (Lipinski definition) is 6. The number of nitrogens with two attached hydrogens (primary N) is 1. The van der Waals surface area contributed by atoms with Gasteiger partial charge in [-0.2, -0.15) is 5.26 Å². The summed E-state index contributed by atoms with van der Waals surface area (Å²) in [6.07, 6.45) is 0. The van der Waals surface area contributed by atoms with Gasteiger partial charge in [0.05, 0.1) is 5.92 Å². The van der Waals surface area contributed by atoms with Crippen molar-refractivity contribution in [2.45, 2.75) is 12.8 Å². The zero-order chi connectivity index (χ0) is 22.8. The maximum absolute atomic E-state index is 12.2. The maximum Gasteiger partial charge on any atom is 0.262 e. The SMILES string of the molecule is Cc1[nH]nc2c1C(c1ccc(OCC(=O)Nc3cc(Cl)cc(Cl)c3)cc1)C(C#N)=C(N)O2. The standard InChI is InChI=1S/C22H17Cl2N5O3/c1-11-19-20(17(9-25)21(26)32-22(19)29-28-11)12-2-4-16(5-3-12)31-10-18(30)27-15-7-13(23)6-14(24)8-15/h2-8,20H,10,26H2,1H3,(H,27,30)(H,28,29). The number of anilines is 1. The number of carbonyl (C=O) groups is 1. The monoisotopic (exact) mass is 469 g/mol. The minimum Gasteiger partial charge on any atom is -0.484 e. The topological polar surface area (TPSA) is 126 Å². The number of rotatable bonds is 5. The first-order valence-electron chi connectivity index (χ1n) is 9.47. The second-order valence-electron chi connectivity index (χ2n) is 7.06. The number of fused-ring (bicyclic) bond motifs is 1. The van der Waals surface area contributed by atoms with Crippen LogP contribution in [0.25, 0.3) is 0 Å². The Kier molecular flexibility index (Phi) is 5.95. The molecule has 0 spiro atoms. The number of nitrogens with zero attached hydrogens (tertiary/aromatic N) is 2. The fourth-order valence-electron chi connectivity index (χ4n) is 3.46. The van der Waals surface area contributed by atoms with Crippen molar-refractivity contribution in [2.75, 3.05) is 11.9 Å². The fraction of sp³-hybridized carbons (Fsp3) is 0.136. The van der Waals surface area contributed by atoms with E-state index in [1.54, 1.807) is 42.5 Å². The summed E-state index contributed by atoms with van der Waals surface area (Å²) in [7, 11) is 0. The number of hydrogen-bond donors (Lipinski definition) is 3. The van der Waals surface area contributed by atoms with Gasteiger partial charge in [0.2, 0.25) is 11.8 Å². The Morgan fingerprint density at radius 1 is 1.28 bits per heavy atom. The predicted octanol–water partition coefficient (Wildman–Crippen LogP) is 4.26. The number of halogens is 2. The van der Waals surface area contributed by atoms with Gasteiger partial charge in [-0.3, -0.25) is 9.89 Å². The second-order valence-corrected chi connectivity index (χ2v) is 7.93. The van der Waals surface area contributed by atoms with E-state index in [9.17, 15) is 10.1 Å². The number of H-pyrrole nitrogens is 1. The summed E-state index contributed by atoms with van der Waals surface area (Å²) in [5.74, 6) is 0.0711. The van der Waals surface area contributed by atoms with E-state index in [2.05, 4.69) is 21.6 Å². The van der Waals surface area contributed by atoms with Gasteiger partial charge >= 0.3 is 0 Å². The van der Waals surface area contributed by atoms with Crippen LogP contribution in [-0.4, -0.2) is 22.7 Å². The number of allylic oxidation sites excluding steroid dienone is 1. The molecular weight excluding hydrogens is 453 g/mol. The molecule has 1 aliphatic rings. The fourth-order valence-corrected chi connectivity index (χ4v) is 3.99. The van der Waals surface area contributed by atoms with E-state index in [-0.39, 0.29) is 18.4 Å². The molecule has 2 aromatic carbocycles. The Balaban J connectivity index is 1.47. The lowest BCUT2D eigenvalue weighted by molar-refractivity contribution is -0.118. The Morgan fingerprint density at radius 3 is 2.62 bits per heavy atom. The van der Waals surface area contributed by atoms with Crippen LogP contribution >= 0.6 is 23.2 Å². The van der Waals surface area contributed by atoms with Crippen LogP contribution in [-0.2, 0) is 4.79 Å². The highest BCUT2D eigenvalue weighted by atomic mass is 35.5. The van der Waals surface area contributed by atoms with Crippen LogP contribution < -0.4 is 20.5 Å². The smallest absolute Gasteiger partial charge is 0.262 e. The molecule has 4 rings (SSSR count). The van der Waals surface area contributed by atoms with Gasteiger partial charge in [0.1, 0.15) is 17.4 Å². The molecule has 0 saturated carbocycles. The van der Waals surface area contributed by atoms with E-state index in [1.165, 1.54) is 0 Å². The average molecular weight is 470 g/mol. The number of amides is 1. The Labute approximate surface area is 193 Å². The molecule has 8 nitrogen and oxygen atoms in total. The Hall–Kier alpha value is -3.67. The molecule has 2 heterocycles. The number of ether oxygens (including phenoxy) is 2. The van der Waals surface area contributed by atoms with Crippen molar-refractivity contribution in [1.29, 1.82) is 5.26 Å². The van der Waals surface area contributed by atoms with Crippen molar-refractivity contribution < 1.29 is 14.3 Å². The largest absolute Gasteiger partial charge is 0.484 e. The summed E-state index contributed by atoms with van der Waals surface area (Å²) in [5.41, 5.74) is 9.05. The number of aromatic nitrogens is 2. The van der Waals surface area contributed by atoms with E-state index >= 15 is 0 Å². The minimum atomic E-state index is -0.424. The van der Waals surface area contributed by atoms with Crippen LogP contribution in [0.1, 0.15) is 22.7 Å². The maximum atomic E-state index is 12.2. The second kappa shape index (κ2) is 8.83. The molecular formula is C22H17Cl2N5O3. The van der Waals surface area contributed by atoms with Crippen LogP contribution in [0.4, 0.5) is 5.69 Å². The van der Waals surface area contributed by atoms with Crippen LogP contribution in [0.2, 0.25) is 10.0 Å². The molecule has 4 N–H and O–H groups in total. The van der Waals surface area contributed by atoms with Gasteiger partial charge in [-0.15, -0.1) is 5.10 Å². The molecule has 1 aromatic heterocycles. The summed E-state index contributed by atoms with van der Waals surface area (Å²) >= 11 is 11.9. The van der Waals surface area contributed by atoms with Crippen molar-refractivity contribution in [1.82, 2.24) is 10.2 Å². The molecule has 0 saturated heterocycles. The van der Waals surface area contributed by atoms with Crippen molar-refractivity contribution in [2.24, 2.45) is 5.73 Å². The number of aromatic amines is 1. The summed E-state index contributed by atoms with van der Waals surface area (Å²) in [6, 6.07) is 13.9. The molecule has 1 aliphatic heterocycles. The molecule has 32 heavy (non-hydrogen) atoms. The summed E-state index contributed by atoms with van der Waals surface area (Å²) in [5, 5.41) is 20.1. The molecule has 162 valence electrons. The van der Waals surface area contributed by atoms with Gasteiger partial charge in [-0.05, 0) is 42.8 Å². The summed E-state index contributed by atoms with van der Waals surface area (Å²) < 4.78 is 11.0. The van der Waals surface area contributed by atoms with Crippen LogP contribution in [0, 0.1) is 18.3 Å². The third-order valence-corrected chi connectivity index (χ3v) is 5.30. The zero-order valence-corrected chi connectivity index (χ0v) is 18.3. The van der Waals surface area contributed by atoms with E-state index in [4.69, 9.17) is 38.4 Å². The minimum absolute atomic E-state index is 0.0228. The number of aryl methyl sites for hydroxylation is 1. The molecule has 10 heteroatoms. The molecule has 0 bridgehead atoms.